The van der Waals surface area contributed by atoms with E-state index < -0.39 is 11.6 Å². The molecule has 2 aromatic carbocycles. The molecule has 0 aliphatic carbocycles. The Bertz CT molecular complexity index is 1010. The summed E-state index contributed by atoms with van der Waals surface area (Å²) in [5, 5.41) is 3.51. The number of halogens is 3. The van der Waals surface area contributed by atoms with Crippen LogP contribution in [0.5, 0.6) is 0 Å². The molecule has 0 fully saturated rings. The number of benzene rings is 2. The molecule has 1 amide bonds. The maximum atomic E-state index is 14.6. The molecule has 1 atom stereocenters. The second kappa shape index (κ2) is 8.15. The Balaban J connectivity index is 2.20. The van der Waals surface area contributed by atoms with Gasteiger partial charge >= 0.3 is 0 Å². The number of hydrogen-bond acceptors (Lipinski definition) is 1. The summed E-state index contributed by atoms with van der Waals surface area (Å²) < 4.78 is 29.6. The van der Waals surface area contributed by atoms with E-state index in [1.165, 1.54) is 12.1 Å². The number of aromatic nitrogens is 1. The average molecular weight is 403 g/mol. The van der Waals surface area contributed by atoms with E-state index in [0.29, 0.717) is 22.0 Å². The number of nitrogens with one attached hydrogen (secondary N) is 1. The Labute approximate surface area is 168 Å². The number of carbonyl (C=O) groups is 1. The second-order valence-electron chi connectivity index (χ2n) is 6.75. The van der Waals surface area contributed by atoms with Gasteiger partial charge in [0.15, 0.2) is 0 Å². The lowest BCUT2D eigenvalue weighted by atomic mass is 10.1. The van der Waals surface area contributed by atoms with Crippen LogP contribution in [-0.4, -0.2) is 16.5 Å². The second-order valence-corrected chi connectivity index (χ2v) is 7.19. The molecule has 0 saturated carbocycles. The Morgan fingerprint density at radius 3 is 2.43 bits per heavy atom. The highest BCUT2D eigenvalue weighted by Crippen LogP contribution is 2.31. The summed E-state index contributed by atoms with van der Waals surface area (Å²) in [5.41, 5.74) is 2.56. The summed E-state index contributed by atoms with van der Waals surface area (Å²) >= 11 is 5.99. The van der Waals surface area contributed by atoms with Gasteiger partial charge in [0.05, 0.1) is 16.9 Å². The fourth-order valence-electron chi connectivity index (χ4n) is 3.05. The molecule has 3 rings (SSSR count). The van der Waals surface area contributed by atoms with Crippen molar-refractivity contribution in [1.82, 2.24) is 9.88 Å². The quantitative estimate of drug-likeness (QED) is 0.565. The van der Waals surface area contributed by atoms with E-state index in [4.69, 9.17) is 11.6 Å². The molecule has 0 bridgehead atoms. The third-order valence-electron chi connectivity index (χ3n) is 4.77. The first-order valence-corrected chi connectivity index (χ1v) is 9.44. The van der Waals surface area contributed by atoms with Crippen LogP contribution in [0.1, 0.15) is 36.3 Å². The van der Waals surface area contributed by atoms with Gasteiger partial charge in [-0.3, -0.25) is 4.79 Å². The molecule has 3 aromatic rings. The third-order valence-corrected chi connectivity index (χ3v) is 5.02. The minimum absolute atomic E-state index is 0.0109. The van der Waals surface area contributed by atoms with Gasteiger partial charge < -0.3 is 9.88 Å². The van der Waals surface area contributed by atoms with Crippen LogP contribution in [0.4, 0.5) is 8.78 Å². The standard InChI is InChI=1S/C22H21ClF2N2O/c1-4-13(2)26-22(28)18-12-21(15-5-7-16(23)8-6-15)27(14(18)3)20-10-9-17(24)11-19(20)25/h5-13H,4H2,1-3H3,(H,26,28)/t13-/m1/s1. The molecule has 1 N–H and O–H groups in total. The highest BCUT2D eigenvalue weighted by atomic mass is 35.5. The van der Waals surface area contributed by atoms with Gasteiger partial charge in [0.2, 0.25) is 0 Å². The summed E-state index contributed by atoms with van der Waals surface area (Å²) in [4.78, 5) is 12.8. The minimum Gasteiger partial charge on any atom is -0.350 e. The van der Waals surface area contributed by atoms with Gasteiger partial charge in [0.1, 0.15) is 11.6 Å². The van der Waals surface area contributed by atoms with E-state index in [-0.39, 0.29) is 17.6 Å². The first kappa shape index (κ1) is 20.1. The van der Waals surface area contributed by atoms with E-state index in [1.807, 2.05) is 13.8 Å². The number of hydrogen-bond donors (Lipinski definition) is 1. The molecule has 0 aliphatic rings. The molecule has 28 heavy (non-hydrogen) atoms. The fraction of sp³-hybridized carbons (Fsp3) is 0.227. The van der Waals surface area contributed by atoms with Crippen molar-refractivity contribution in [2.24, 2.45) is 0 Å². The Morgan fingerprint density at radius 2 is 1.82 bits per heavy atom. The van der Waals surface area contributed by atoms with E-state index in [2.05, 4.69) is 5.32 Å². The van der Waals surface area contributed by atoms with Crippen molar-refractivity contribution >= 4 is 17.5 Å². The molecule has 0 radical (unpaired) electrons. The lowest BCUT2D eigenvalue weighted by Crippen LogP contribution is -2.32. The number of rotatable bonds is 5. The summed E-state index contributed by atoms with van der Waals surface area (Å²) in [6.07, 6.45) is 0.794. The maximum absolute atomic E-state index is 14.6. The molecule has 0 aliphatic heterocycles. The first-order valence-electron chi connectivity index (χ1n) is 9.06. The molecule has 0 unspecified atom stereocenters. The topological polar surface area (TPSA) is 34.0 Å². The zero-order chi connectivity index (χ0) is 20.4. The molecule has 0 saturated heterocycles. The number of nitrogens with zero attached hydrogens (tertiary/aromatic N) is 1. The molecule has 0 spiro atoms. The molecule has 3 nitrogen and oxygen atoms in total. The molecule has 6 heteroatoms. The lowest BCUT2D eigenvalue weighted by Gasteiger charge is -2.14. The monoisotopic (exact) mass is 402 g/mol. The van der Waals surface area contributed by atoms with Gasteiger partial charge in [-0.1, -0.05) is 30.7 Å². The van der Waals surface area contributed by atoms with Crippen molar-refractivity contribution in [2.75, 3.05) is 0 Å². The Kier molecular flexibility index (Phi) is 5.84. The van der Waals surface area contributed by atoms with Crippen molar-refractivity contribution in [2.45, 2.75) is 33.2 Å². The van der Waals surface area contributed by atoms with E-state index >= 15 is 0 Å². The van der Waals surface area contributed by atoms with Gasteiger partial charge in [0.25, 0.3) is 5.91 Å². The smallest absolute Gasteiger partial charge is 0.253 e. The molecule has 146 valence electrons. The third kappa shape index (κ3) is 3.94. The SMILES string of the molecule is CC[C@@H](C)NC(=O)c1cc(-c2ccc(Cl)cc2)n(-c2ccc(F)cc2F)c1C. The molecular weight excluding hydrogens is 382 g/mol. The summed E-state index contributed by atoms with van der Waals surface area (Å²) in [6, 6.07) is 12.2. The molecule has 1 aromatic heterocycles. The zero-order valence-corrected chi connectivity index (χ0v) is 16.6. The van der Waals surface area contributed by atoms with E-state index in [9.17, 15) is 13.6 Å². The Morgan fingerprint density at radius 1 is 1.14 bits per heavy atom. The minimum atomic E-state index is -0.706. The predicted octanol–water partition coefficient (Wildman–Crippen LogP) is 5.91. The lowest BCUT2D eigenvalue weighted by molar-refractivity contribution is 0.0938. The molecular formula is C22H21ClF2N2O. The average Bonchev–Trinajstić information content (AvgIpc) is 2.99. The normalized spacial score (nSPS) is 12.1. The fourth-order valence-corrected chi connectivity index (χ4v) is 3.17. The van der Waals surface area contributed by atoms with Crippen molar-refractivity contribution in [3.05, 3.63) is 76.4 Å². The van der Waals surface area contributed by atoms with Crippen LogP contribution in [0.25, 0.3) is 16.9 Å². The highest BCUT2D eigenvalue weighted by molar-refractivity contribution is 6.30. The van der Waals surface area contributed by atoms with Gasteiger partial charge in [-0.2, -0.15) is 0 Å². The van der Waals surface area contributed by atoms with Gasteiger partial charge in [0, 0.05) is 22.8 Å². The summed E-state index contributed by atoms with van der Waals surface area (Å²) in [7, 11) is 0. The predicted molar refractivity (Wildman–Crippen MR) is 108 cm³/mol. The van der Waals surface area contributed by atoms with Gasteiger partial charge in [-0.25, -0.2) is 8.78 Å². The van der Waals surface area contributed by atoms with Crippen LogP contribution in [0.2, 0.25) is 5.02 Å². The number of amides is 1. The zero-order valence-electron chi connectivity index (χ0n) is 15.9. The van der Waals surface area contributed by atoms with Crippen LogP contribution in [0.3, 0.4) is 0 Å². The van der Waals surface area contributed by atoms with Crippen LogP contribution in [0.15, 0.2) is 48.5 Å². The summed E-state index contributed by atoms with van der Waals surface area (Å²) in [5.74, 6) is -1.60. The van der Waals surface area contributed by atoms with Gasteiger partial charge in [-0.05, 0) is 56.2 Å². The number of carbonyl (C=O) groups excluding carboxylic acids is 1. The van der Waals surface area contributed by atoms with Crippen LogP contribution in [-0.2, 0) is 0 Å². The molecule has 1 heterocycles. The van der Waals surface area contributed by atoms with Crippen molar-refractivity contribution < 1.29 is 13.6 Å². The maximum Gasteiger partial charge on any atom is 0.253 e. The largest absolute Gasteiger partial charge is 0.350 e. The highest BCUT2D eigenvalue weighted by Gasteiger charge is 2.22. The van der Waals surface area contributed by atoms with Crippen molar-refractivity contribution in [3.8, 4) is 16.9 Å². The van der Waals surface area contributed by atoms with Crippen LogP contribution < -0.4 is 5.32 Å². The van der Waals surface area contributed by atoms with Gasteiger partial charge in [-0.15, -0.1) is 0 Å². The van der Waals surface area contributed by atoms with E-state index in [1.54, 1.807) is 41.8 Å². The Hall–Kier alpha value is -2.66. The van der Waals surface area contributed by atoms with E-state index in [0.717, 1.165) is 18.1 Å². The van der Waals surface area contributed by atoms with Crippen LogP contribution >= 0.6 is 11.6 Å². The first-order chi connectivity index (χ1) is 13.3. The van der Waals surface area contributed by atoms with Crippen molar-refractivity contribution in [1.29, 1.82) is 0 Å². The summed E-state index contributed by atoms with van der Waals surface area (Å²) in [6.45, 7) is 5.65. The van der Waals surface area contributed by atoms with Crippen LogP contribution in [0, 0.1) is 18.6 Å². The van der Waals surface area contributed by atoms with Crippen molar-refractivity contribution in [3.63, 3.8) is 0 Å².